The van der Waals surface area contributed by atoms with E-state index in [-0.39, 0.29) is 11.9 Å². The number of hydrogen-bond donors (Lipinski definition) is 1. The largest absolute Gasteiger partial charge is 0.450 e. The summed E-state index contributed by atoms with van der Waals surface area (Å²) in [6, 6.07) is 4.87. The van der Waals surface area contributed by atoms with Gasteiger partial charge in [-0.25, -0.2) is 4.79 Å². The van der Waals surface area contributed by atoms with Crippen molar-refractivity contribution in [1.29, 1.82) is 0 Å². The fraction of sp³-hybridized carbons (Fsp3) is 0.467. The molecule has 0 aromatic heterocycles. The highest BCUT2D eigenvalue weighted by atomic mass is 35.5. The number of likely N-dealkylation sites (tertiary alicyclic amines) is 1. The number of halogens is 2. The van der Waals surface area contributed by atoms with Crippen LogP contribution >= 0.6 is 23.2 Å². The molecule has 0 spiro atoms. The fourth-order valence-corrected chi connectivity index (χ4v) is 2.77. The van der Waals surface area contributed by atoms with Crippen LogP contribution in [0.4, 0.5) is 4.79 Å². The smallest absolute Gasteiger partial charge is 0.407 e. The van der Waals surface area contributed by atoms with Crippen LogP contribution in [0.15, 0.2) is 18.2 Å². The zero-order valence-corrected chi connectivity index (χ0v) is 13.8. The first kappa shape index (κ1) is 16.9. The van der Waals surface area contributed by atoms with Gasteiger partial charge >= 0.3 is 6.09 Å². The Morgan fingerprint density at radius 1 is 1.32 bits per heavy atom. The van der Waals surface area contributed by atoms with Gasteiger partial charge in [-0.05, 0) is 38.0 Å². The van der Waals surface area contributed by atoms with E-state index in [2.05, 4.69) is 5.32 Å². The number of piperidine rings is 1. The summed E-state index contributed by atoms with van der Waals surface area (Å²) in [7, 11) is 0. The fourth-order valence-electron chi connectivity index (χ4n) is 2.40. The van der Waals surface area contributed by atoms with Crippen molar-refractivity contribution in [2.75, 3.05) is 19.7 Å². The van der Waals surface area contributed by atoms with E-state index in [4.69, 9.17) is 27.9 Å². The van der Waals surface area contributed by atoms with Gasteiger partial charge in [0.25, 0.3) is 5.91 Å². The molecule has 2 amide bonds. The molecule has 22 heavy (non-hydrogen) atoms. The molecule has 1 heterocycles. The van der Waals surface area contributed by atoms with Gasteiger partial charge in [0.05, 0.1) is 17.2 Å². The highest BCUT2D eigenvalue weighted by Crippen LogP contribution is 2.23. The summed E-state index contributed by atoms with van der Waals surface area (Å²) in [4.78, 5) is 25.6. The number of nitrogens with one attached hydrogen (secondary N) is 1. The minimum Gasteiger partial charge on any atom is -0.450 e. The van der Waals surface area contributed by atoms with Gasteiger partial charge in [0, 0.05) is 24.2 Å². The van der Waals surface area contributed by atoms with E-state index >= 15 is 0 Å². The summed E-state index contributed by atoms with van der Waals surface area (Å²) in [5.41, 5.74) is 0.408. The van der Waals surface area contributed by atoms with E-state index < -0.39 is 6.09 Å². The average Bonchev–Trinajstić information content (AvgIpc) is 2.50. The van der Waals surface area contributed by atoms with Gasteiger partial charge in [-0.3, -0.25) is 4.79 Å². The number of carbonyl (C=O) groups is 2. The Labute approximate surface area is 139 Å². The summed E-state index contributed by atoms with van der Waals surface area (Å²) < 4.78 is 4.85. The van der Waals surface area contributed by atoms with Crippen molar-refractivity contribution >= 4 is 35.2 Å². The molecule has 1 saturated heterocycles. The molecular formula is C15H18Cl2N2O3. The molecular weight excluding hydrogens is 327 g/mol. The van der Waals surface area contributed by atoms with Crippen molar-refractivity contribution in [3.8, 4) is 0 Å². The second-order valence-electron chi connectivity index (χ2n) is 5.06. The molecule has 1 aliphatic heterocycles. The maximum atomic E-state index is 12.5. The van der Waals surface area contributed by atoms with Crippen molar-refractivity contribution in [3.63, 3.8) is 0 Å². The van der Waals surface area contributed by atoms with Gasteiger partial charge in [-0.1, -0.05) is 23.2 Å². The molecule has 2 rings (SSSR count). The number of nitrogens with zero attached hydrogens (tertiary/aromatic N) is 1. The lowest BCUT2D eigenvalue weighted by Gasteiger charge is -2.32. The molecule has 120 valence electrons. The Balaban J connectivity index is 1.92. The van der Waals surface area contributed by atoms with Gasteiger partial charge in [0.2, 0.25) is 0 Å². The molecule has 0 unspecified atom stereocenters. The number of ether oxygens (including phenoxy) is 1. The SMILES string of the molecule is CCOC(=O)NC1CCN(C(=O)c2cc(Cl)ccc2Cl)CC1. The summed E-state index contributed by atoms with van der Waals surface area (Å²) >= 11 is 12.0. The molecule has 0 atom stereocenters. The predicted octanol–water partition coefficient (Wildman–Crippen LogP) is 3.34. The van der Waals surface area contributed by atoms with E-state index in [0.717, 1.165) is 0 Å². The molecule has 1 aromatic rings. The Hall–Kier alpha value is -1.46. The quantitative estimate of drug-likeness (QED) is 0.914. The summed E-state index contributed by atoms with van der Waals surface area (Å²) in [5.74, 6) is -0.137. The van der Waals surface area contributed by atoms with Crippen LogP contribution in [0.3, 0.4) is 0 Å². The molecule has 0 bridgehead atoms. The number of rotatable bonds is 3. The van der Waals surface area contributed by atoms with Crippen molar-refractivity contribution in [2.45, 2.75) is 25.8 Å². The van der Waals surface area contributed by atoms with Crippen LogP contribution < -0.4 is 5.32 Å². The number of alkyl carbamates (subject to hydrolysis) is 1. The maximum Gasteiger partial charge on any atom is 0.407 e. The molecule has 1 fully saturated rings. The van der Waals surface area contributed by atoms with Gasteiger partial charge < -0.3 is 15.0 Å². The zero-order valence-electron chi connectivity index (χ0n) is 12.3. The normalized spacial score (nSPS) is 15.5. The summed E-state index contributed by atoms with van der Waals surface area (Å²) in [6.07, 6.45) is 0.955. The highest BCUT2D eigenvalue weighted by molar-refractivity contribution is 6.35. The Kier molecular flexibility index (Phi) is 5.91. The highest BCUT2D eigenvalue weighted by Gasteiger charge is 2.26. The summed E-state index contributed by atoms with van der Waals surface area (Å²) in [5, 5.41) is 3.66. The zero-order chi connectivity index (χ0) is 16.1. The third kappa shape index (κ3) is 4.27. The van der Waals surface area contributed by atoms with Crippen molar-refractivity contribution in [1.82, 2.24) is 10.2 Å². The Morgan fingerprint density at radius 2 is 2.00 bits per heavy atom. The van der Waals surface area contributed by atoms with E-state index in [1.54, 1.807) is 30.0 Å². The molecule has 1 aromatic carbocycles. The van der Waals surface area contributed by atoms with E-state index in [9.17, 15) is 9.59 Å². The first-order valence-electron chi connectivity index (χ1n) is 7.19. The predicted molar refractivity (Wildman–Crippen MR) is 85.5 cm³/mol. The van der Waals surface area contributed by atoms with Crippen LogP contribution in [0.25, 0.3) is 0 Å². The van der Waals surface area contributed by atoms with Crippen LogP contribution in [0.5, 0.6) is 0 Å². The Morgan fingerprint density at radius 3 is 2.64 bits per heavy atom. The Bertz CT molecular complexity index is 558. The van der Waals surface area contributed by atoms with Gasteiger partial charge in [-0.2, -0.15) is 0 Å². The second kappa shape index (κ2) is 7.70. The lowest BCUT2D eigenvalue weighted by molar-refractivity contribution is 0.0703. The number of benzene rings is 1. The van der Waals surface area contributed by atoms with Gasteiger partial charge in [0.1, 0.15) is 0 Å². The van der Waals surface area contributed by atoms with Crippen molar-refractivity contribution in [3.05, 3.63) is 33.8 Å². The van der Waals surface area contributed by atoms with E-state index in [0.29, 0.717) is 48.1 Å². The second-order valence-corrected chi connectivity index (χ2v) is 5.90. The minimum atomic E-state index is -0.412. The van der Waals surface area contributed by atoms with Crippen LogP contribution in [-0.2, 0) is 4.74 Å². The lowest BCUT2D eigenvalue weighted by Crippen LogP contribution is -2.46. The maximum absolute atomic E-state index is 12.5. The molecule has 5 nitrogen and oxygen atoms in total. The summed E-state index contributed by atoms with van der Waals surface area (Å²) in [6.45, 7) is 3.21. The van der Waals surface area contributed by atoms with Gasteiger partial charge in [-0.15, -0.1) is 0 Å². The minimum absolute atomic E-state index is 0.0259. The first-order valence-corrected chi connectivity index (χ1v) is 7.94. The number of amides is 2. The first-order chi connectivity index (χ1) is 10.5. The molecule has 7 heteroatoms. The van der Waals surface area contributed by atoms with Crippen LogP contribution in [0, 0.1) is 0 Å². The topological polar surface area (TPSA) is 58.6 Å². The third-order valence-electron chi connectivity index (χ3n) is 3.54. The van der Waals surface area contributed by atoms with Gasteiger partial charge in [0.15, 0.2) is 0 Å². The van der Waals surface area contributed by atoms with E-state index in [1.165, 1.54) is 0 Å². The van der Waals surface area contributed by atoms with Crippen LogP contribution in [0.1, 0.15) is 30.1 Å². The van der Waals surface area contributed by atoms with Crippen LogP contribution in [-0.4, -0.2) is 42.6 Å². The number of carbonyl (C=O) groups excluding carboxylic acids is 2. The van der Waals surface area contributed by atoms with Crippen molar-refractivity contribution in [2.24, 2.45) is 0 Å². The third-order valence-corrected chi connectivity index (χ3v) is 4.10. The lowest BCUT2D eigenvalue weighted by atomic mass is 10.0. The number of hydrogen-bond acceptors (Lipinski definition) is 3. The molecule has 1 aliphatic rings. The average molecular weight is 345 g/mol. The molecule has 0 aliphatic carbocycles. The van der Waals surface area contributed by atoms with Crippen molar-refractivity contribution < 1.29 is 14.3 Å². The van der Waals surface area contributed by atoms with Crippen LogP contribution in [0.2, 0.25) is 10.0 Å². The molecule has 0 radical (unpaired) electrons. The standard InChI is InChI=1S/C15H18Cl2N2O3/c1-2-22-15(21)18-11-5-7-19(8-6-11)14(20)12-9-10(16)3-4-13(12)17/h3-4,9,11H,2,5-8H2,1H3,(H,18,21). The van der Waals surface area contributed by atoms with E-state index in [1.807, 2.05) is 0 Å². The molecule has 0 saturated carbocycles. The monoisotopic (exact) mass is 344 g/mol. The molecule has 1 N–H and O–H groups in total.